The molecule has 5 nitrogen and oxygen atoms in total. The summed E-state index contributed by atoms with van der Waals surface area (Å²) in [5.74, 6) is 0. The SMILES string of the molecule is C.C.CO.Cc1ccccc1.Cl.NC(O)=S.NC(O)=S. The fraction of sp³-hybridized carbons (Fsp3) is 0.333. The summed E-state index contributed by atoms with van der Waals surface area (Å²) in [6.07, 6.45) is 0. The zero-order valence-corrected chi connectivity index (χ0v) is 12.6. The maximum absolute atomic E-state index is 7.56. The number of halogens is 1. The smallest absolute Gasteiger partial charge is 0.251 e. The number of hydrogen-bond donors (Lipinski definition) is 5. The Bertz CT molecular complexity index is 282. The molecule has 0 saturated heterocycles. The second-order valence-corrected chi connectivity index (χ2v) is 3.17. The molecule has 8 heteroatoms. The second-order valence-electron chi connectivity index (χ2n) is 2.33. The van der Waals surface area contributed by atoms with E-state index in [0.717, 1.165) is 7.11 Å². The average Bonchev–Trinajstić information content (AvgIpc) is 2.20. The molecule has 0 unspecified atom stereocenters. The van der Waals surface area contributed by atoms with Gasteiger partial charge in [-0.25, -0.2) is 0 Å². The van der Waals surface area contributed by atoms with Gasteiger partial charge in [-0.15, -0.1) is 12.4 Å². The third kappa shape index (κ3) is 90.2. The van der Waals surface area contributed by atoms with Crippen LogP contribution in [0.4, 0.5) is 0 Å². The van der Waals surface area contributed by atoms with Crippen LogP contribution in [-0.2, 0) is 0 Å². The summed E-state index contributed by atoms with van der Waals surface area (Å²) in [6, 6.07) is 10.3. The minimum absolute atomic E-state index is 0. The molecular weight excluding hydrogens is 320 g/mol. The van der Waals surface area contributed by atoms with Crippen LogP contribution in [-0.4, -0.2) is 32.8 Å². The van der Waals surface area contributed by atoms with Crippen LogP contribution >= 0.6 is 36.8 Å². The molecule has 122 valence electrons. The summed E-state index contributed by atoms with van der Waals surface area (Å²) in [6.45, 7) is 2.08. The fourth-order valence-electron chi connectivity index (χ4n) is 0.534. The lowest BCUT2D eigenvalue weighted by Gasteiger charge is -1.82. The summed E-state index contributed by atoms with van der Waals surface area (Å²) in [7, 11) is 1.00. The van der Waals surface area contributed by atoms with Gasteiger partial charge < -0.3 is 26.8 Å². The van der Waals surface area contributed by atoms with Crippen LogP contribution in [0.1, 0.15) is 20.4 Å². The van der Waals surface area contributed by atoms with Crippen LogP contribution in [0.15, 0.2) is 30.3 Å². The van der Waals surface area contributed by atoms with Crippen molar-refractivity contribution < 1.29 is 15.3 Å². The summed E-state index contributed by atoms with van der Waals surface area (Å²) in [5, 5.41) is 21.1. The van der Waals surface area contributed by atoms with Crippen molar-refractivity contribution in [2.75, 3.05) is 7.11 Å². The zero-order valence-electron chi connectivity index (χ0n) is 10.1. The van der Waals surface area contributed by atoms with E-state index in [1.807, 2.05) is 18.2 Å². The third-order valence-corrected chi connectivity index (χ3v) is 0.940. The Hall–Kier alpha value is -1.15. The maximum atomic E-state index is 7.56. The van der Waals surface area contributed by atoms with E-state index in [4.69, 9.17) is 15.3 Å². The Morgan fingerprint density at radius 1 is 0.900 bits per heavy atom. The van der Waals surface area contributed by atoms with Crippen molar-refractivity contribution in [1.82, 2.24) is 0 Å². The van der Waals surface area contributed by atoms with E-state index in [9.17, 15) is 0 Å². The van der Waals surface area contributed by atoms with Gasteiger partial charge in [0.05, 0.1) is 0 Å². The van der Waals surface area contributed by atoms with Crippen LogP contribution in [0.3, 0.4) is 0 Å². The van der Waals surface area contributed by atoms with Gasteiger partial charge >= 0.3 is 0 Å². The molecule has 0 saturated carbocycles. The molecule has 1 rings (SSSR count). The number of aliphatic hydroxyl groups excluding tert-OH is 3. The minimum atomic E-state index is -0.500. The normalized spacial score (nSPS) is 5.75. The molecule has 0 fully saturated rings. The van der Waals surface area contributed by atoms with Gasteiger partial charge in [-0.2, -0.15) is 0 Å². The van der Waals surface area contributed by atoms with Crippen LogP contribution in [0, 0.1) is 6.92 Å². The molecule has 20 heavy (non-hydrogen) atoms. The molecule has 0 bridgehead atoms. The number of aryl methyl sites for hydroxylation is 1. The first kappa shape index (κ1) is 36.4. The molecule has 0 heterocycles. The highest BCUT2D eigenvalue weighted by Gasteiger charge is 1.72. The molecule has 1 aromatic carbocycles. The number of benzene rings is 1. The molecule has 0 spiro atoms. The van der Waals surface area contributed by atoms with E-state index < -0.39 is 10.3 Å². The van der Waals surface area contributed by atoms with E-state index in [0.29, 0.717) is 0 Å². The van der Waals surface area contributed by atoms with Gasteiger partial charge in [0.15, 0.2) is 0 Å². The predicted molar refractivity (Wildman–Crippen MR) is 98.9 cm³/mol. The molecule has 0 aliphatic rings. The number of hydrogen-bond acceptors (Lipinski definition) is 3. The van der Waals surface area contributed by atoms with Gasteiger partial charge in [-0.3, -0.25) is 0 Å². The van der Waals surface area contributed by atoms with Gasteiger partial charge in [-0.1, -0.05) is 50.7 Å². The average molecular weight is 347 g/mol. The van der Waals surface area contributed by atoms with Crippen LogP contribution in [0.5, 0.6) is 0 Å². The topological polar surface area (TPSA) is 113 Å². The molecule has 0 aromatic heterocycles. The van der Waals surface area contributed by atoms with E-state index in [2.05, 4.69) is 55.0 Å². The minimum Gasteiger partial charge on any atom is -0.487 e. The molecule has 7 N–H and O–H groups in total. The molecule has 0 aliphatic heterocycles. The molecule has 0 amide bonds. The van der Waals surface area contributed by atoms with E-state index in [-0.39, 0.29) is 27.3 Å². The summed E-state index contributed by atoms with van der Waals surface area (Å²) < 4.78 is 0. The predicted octanol–water partition coefficient (Wildman–Crippen LogP) is 2.87. The van der Waals surface area contributed by atoms with Crippen molar-refractivity contribution in [2.24, 2.45) is 11.5 Å². The van der Waals surface area contributed by atoms with Crippen molar-refractivity contribution in [3.05, 3.63) is 35.9 Å². The van der Waals surface area contributed by atoms with Gasteiger partial charge in [0.2, 0.25) is 0 Å². The lowest BCUT2D eigenvalue weighted by Crippen LogP contribution is -2.03. The Balaban J connectivity index is -0.0000000339. The van der Waals surface area contributed by atoms with Crippen molar-refractivity contribution in [1.29, 1.82) is 0 Å². The Labute approximate surface area is 139 Å². The van der Waals surface area contributed by atoms with Gasteiger partial charge in [0.25, 0.3) is 10.3 Å². The van der Waals surface area contributed by atoms with E-state index >= 15 is 0 Å². The van der Waals surface area contributed by atoms with Gasteiger partial charge in [-0.05, 0) is 31.4 Å². The summed E-state index contributed by atoms with van der Waals surface area (Å²) in [4.78, 5) is 0. The number of nitrogens with two attached hydrogens (primary N) is 2. The first-order chi connectivity index (χ1) is 7.86. The lowest BCUT2D eigenvalue weighted by molar-refractivity contribution is 0.399. The van der Waals surface area contributed by atoms with Crippen molar-refractivity contribution >= 4 is 47.2 Å². The Morgan fingerprint density at radius 2 is 1.10 bits per heavy atom. The fourth-order valence-corrected chi connectivity index (χ4v) is 0.534. The first-order valence-corrected chi connectivity index (χ1v) is 5.11. The first-order valence-electron chi connectivity index (χ1n) is 4.29. The molecule has 0 aliphatic carbocycles. The summed E-state index contributed by atoms with van der Waals surface area (Å²) >= 11 is 7.74. The summed E-state index contributed by atoms with van der Waals surface area (Å²) in [5.41, 5.74) is 10.1. The van der Waals surface area contributed by atoms with Crippen LogP contribution < -0.4 is 11.5 Å². The quantitative estimate of drug-likeness (QED) is 0.459. The van der Waals surface area contributed by atoms with Crippen LogP contribution in [0.2, 0.25) is 0 Å². The molecule has 0 atom stereocenters. The highest BCUT2D eigenvalue weighted by molar-refractivity contribution is 7.80. The Kier molecular flexibility index (Phi) is 55.8. The maximum Gasteiger partial charge on any atom is 0.251 e. The standard InChI is InChI=1S/C7H8.2CH3NOS.CH4O.2CH4.ClH/c1-7-5-3-2-4-6-7;2*2-1(3)4;1-2;;;/h2-6H,1H3;2*(H3,2,3,4);2H,1H3;2*1H4;1H. The monoisotopic (exact) mass is 346 g/mol. The number of rotatable bonds is 0. The number of aliphatic hydroxyl groups is 3. The molecule has 0 radical (unpaired) electrons. The zero-order chi connectivity index (χ0) is 14.3. The molecule has 1 aromatic rings. The third-order valence-electron chi connectivity index (χ3n) is 0.940. The van der Waals surface area contributed by atoms with E-state index in [1.165, 1.54) is 5.56 Å². The van der Waals surface area contributed by atoms with Gasteiger partial charge in [0.1, 0.15) is 0 Å². The number of thiocarbonyl (C=S) groups is 2. The largest absolute Gasteiger partial charge is 0.487 e. The lowest BCUT2D eigenvalue weighted by atomic mass is 10.2. The Morgan fingerprint density at radius 3 is 1.20 bits per heavy atom. The van der Waals surface area contributed by atoms with E-state index in [1.54, 1.807) is 0 Å². The van der Waals surface area contributed by atoms with Crippen molar-refractivity contribution in [2.45, 2.75) is 21.8 Å². The highest BCUT2D eigenvalue weighted by Crippen LogP contribution is 1.92. The highest BCUT2D eigenvalue weighted by atomic mass is 35.5. The molecular formula is C12H27ClN2O3S2. The van der Waals surface area contributed by atoms with Gasteiger partial charge in [0, 0.05) is 7.11 Å². The second kappa shape index (κ2) is 30.7. The van der Waals surface area contributed by atoms with Crippen LogP contribution in [0.25, 0.3) is 0 Å². The van der Waals surface area contributed by atoms with Crippen molar-refractivity contribution in [3.63, 3.8) is 0 Å². The van der Waals surface area contributed by atoms with Crippen molar-refractivity contribution in [3.8, 4) is 0 Å².